The number of anilines is 3. The van der Waals surface area contributed by atoms with E-state index in [4.69, 9.17) is 45.1 Å². The van der Waals surface area contributed by atoms with Crippen molar-refractivity contribution in [3.63, 3.8) is 0 Å². The third kappa shape index (κ3) is 21.1. The number of esters is 1. The van der Waals surface area contributed by atoms with E-state index < -0.39 is 126 Å². The van der Waals surface area contributed by atoms with Crippen molar-refractivity contribution >= 4 is 94.3 Å². The molecule has 2 saturated heterocycles. The molecule has 0 unspecified atom stereocenters. The SMILES string of the molecule is COc1cc2cc(c1Cl)N(C)C(=O)C[C@H](OC(=O)[C@H](C)N(C)C(=O)CCCCCNC(=O)OCc1ccc(NC(=O)[C@H](CCCNC(=O)O)NC(=O)[C@@H](NC(=O)CCCc3ccc(N4C(=O)C=CC4=O)cc3)C(C)C)cc1)[C@]1(C)O[C@H]1[C@H](C)[C@@H]1C[C@@](O)(NC(=O)O1)[C@H](OC)/C=C/C=C(\C)C2. The number of rotatable bonds is 28. The lowest BCUT2D eigenvalue weighted by Crippen LogP contribution is -2.63. The van der Waals surface area contributed by atoms with Gasteiger partial charge >= 0.3 is 24.2 Å². The second-order valence-corrected chi connectivity index (χ2v) is 26.4. The maximum atomic E-state index is 14.4. The largest absolute Gasteiger partial charge is 0.495 e. The molecular formula is C71H92ClN9O19. The van der Waals surface area contributed by atoms with Crippen LogP contribution in [0.25, 0.3) is 0 Å². The number of alkyl carbamates (subject to hydrolysis) is 2. The molecule has 3 aromatic carbocycles. The predicted molar refractivity (Wildman–Crippen MR) is 368 cm³/mol. The van der Waals surface area contributed by atoms with Gasteiger partial charge in [0, 0.05) is 77.3 Å². The Kier molecular flexibility index (Phi) is 27.8. The van der Waals surface area contributed by atoms with Crippen molar-refractivity contribution in [2.45, 2.75) is 179 Å². The number of likely N-dealkylation sites (N-methyl/N-ethyl adjacent to an activating group) is 1. The van der Waals surface area contributed by atoms with Crippen LogP contribution in [0.3, 0.4) is 0 Å². The molecule has 0 spiro atoms. The lowest BCUT2D eigenvalue weighted by atomic mass is 9.83. The third-order valence-corrected chi connectivity index (χ3v) is 18.6. The van der Waals surface area contributed by atoms with E-state index in [9.17, 15) is 57.8 Å². The Morgan fingerprint density at radius 3 is 2.20 bits per heavy atom. The lowest BCUT2D eigenvalue weighted by Gasteiger charge is -2.42. The van der Waals surface area contributed by atoms with Gasteiger partial charge in [-0.05, 0) is 125 Å². The summed E-state index contributed by atoms with van der Waals surface area (Å²) in [5, 5.41) is 36.9. The number of ether oxygens (including phenoxy) is 6. The molecule has 0 saturated carbocycles. The number of nitrogens with zero attached hydrogens (tertiary/aromatic N) is 3. The number of fused-ring (bicyclic) bond motifs is 5. The number of hydrogen-bond acceptors (Lipinski definition) is 18. The van der Waals surface area contributed by atoms with Crippen molar-refractivity contribution in [2.24, 2.45) is 11.8 Å². The van der Waals surface area contributed by atoms with Gasteiger partial charge in [0.05, 0.1) is 31.0 Å². The number of aryl methyl sites for hydroxylation is 1. The van der Waals surface area contributed by atoms with Crippen LogP contribution in [-0.2, 0) is 81.5 Å². The maximum Gasteiger partial charge on any atom is 0.409 e. The van der Waals surface area contributed by atoms with Crippen LogP contribution in [0.1, 0.15) is 122 Å². The van der Waals surface area contributed by atoms with Gasteiger partial charge in [0.1, 0.15) is 59.4 Å². The Morgan fingerprint density at radius 1 is 0.860 bits per heavy atom. The van der Waals surface area contributed by atoms with Gasteiger partial charge in [-0.25, -0.2) is 24.1 Å². The summed E-state index contributed by atoms with van der Waals surface area (Å²) in [7, 11) is 5.88. The Labute approximate surface area is 586 Å². The number of halogens is 1. The van der Waals surface area contributed by atoms with E-state index in [1.54, 1.807) is 108 Å². The zero-order valence-corrected chi connectivity index (χ0v) is 58.8. The summed E-state index contributed by atoms with van der Waals surface area (Å²) in [6, 6.07) is 13.5. The number of imide groups is 1. The van der Waals surface area contributed by atoms with Crippen molar-refractivity contribution in [1.29, 1.82) is 0 Å². The fourth-order valence-electron chi connectivity index (χ4n) is 12.0. The van der Waals surface area contributed by atoms with Gasteiger partial charge in [-0.15, -0.1) is 0 Å². The van der Waals surface area contributed by atoms with Crippen molar-refractivity contribution in [3.05, 3.63) is 118 Å². The quantitative estimate of drug-likeness (QED) is 0.0118. The van der Waals surface area contributed by atoms with Crippen LogP contribution < -0.4 is 46.4 Å². The molecule has 2 fully saturated rings. The van der Waals surface area contributed by atoms with Gasteiger partial charge in [0.2, 0.25) is 29.5 Å². The van der Waals surface area contributed by atoms with Crippen LogP contribution in [0.5, 0.6) is 5.75 Å². The summed E-state index contributed by atoms with van der Waals surface area (Å²) in [6.07, 6.45) is 3.41. The molecule has 4 heterocycles. The van der Waals surface area contributed by atoms with E-state index in [1.165, 1.54) is 50.1 Å². The van der Waals surface area contributed by atoms with E-state index in [0.717, 1.165) is 21.6 Å². The van der Waals surface area contributed by atoms with E-state index in [0.29, 0.717) is 66.9 Å². The highest BCUT2D eigenvalue weighted by molar-refractivity contribution is 6.35. The molecule has 0 aliphatic carbocycles. The average molecular weight is 1410 g/mol. The first-order valence-corrected chi connectivity index (χ1v) is 33.7. The number of carbonyl (C=O) groups is 11. The summed E-state index contributed by atoms with van der Waals surface area (Å²) in [6.45, 7) is 10.4. The number of carbonyl (C=O) groups excluding carboxylic acids is 10. The molecule has 29 heteroatoms. The van der Waals surface area contributed by atoms with E-state index in [2.05, 4.69) is 31.9 Å². The molecule has 4 bridgehead atoms. The minimum Gasteiger partial charge on any atom is -0.495 e. The number of aliphatic hydroxyl groups is 1. The summed E-state index contributed by atoms with van der Waals surface area (Å²) in [5.41, 5.74) is 0.988. The molecular weight excluding hydrogens is 1320 g/mol. The fourth-order valence-corrected chi connectivity index (χ4v) is 12.3. The van der Waals surface area contributed by atoms with E-state index in [1.807, 2.05) is 13.0 Å². The molecule has 4 aliphatic rings. The first kappa shape index (κ1) is 78.0. The molecule has 4 aliphatic heterocycles. The number of unbranched alkanes of at least 4 members (excludes halogenated alkanes) is 2. The average Bonchev–Trinajstić information content (AvgIpc) is 1.57. The second-order valence-electron chi connectivity index (χ2n) is 26.0. The summed E-state index contributed by atoms with van der Waals surface area (Å²) in [5.74, 6) is -4.82. The lowest BCUT2D eigenvalue weighted by molar-refractivity contribution is -0.162. The van der Waals surface area contributed by atoms with Crippen LogP contribution in [0.4, 0.5) is 31.4 Å². The number of nitrogens with one attached hydrogen (secondary N) is 6. The number of allylic oxidation sites excluding steroid dienone is 3. The molecule has 7 rings (SSSR count). The van der Waals surface area contributed by atoms with Crippen molar-refractivity contribution in [2.75, 3.05) is 56.5 Å². The first-order valence-electron chi connectivity index (χ1n) is 33.3. The number of hydrogen-bond donors (Lipinski definition) is 8. The summed E-state index contributed by atoms with van der Waals surface area (Å²) >= 11 is 6.84. The molecule has 3 aromatic rings. The molecule has 8 N–H and O–H groups in total. The molecule has 28 nitrogen and oxygen atoms in total. The van der Waals surface area contributed by atoms with Crippen molar-refractivity contribution in [3.8, 4) is 5.75 Å². The molecule has 10 atom stereocenters. The first-order chi connectivity index (χ1) is 47.4. The predicted octanol–water partition coefficient (Wildman–Crippen LogP) is 7.07. The van der Waals surface area contributed by atoms with Crippen LogP contribution in [0, 0.1) is 11.8 Å². The Morgan fingerprint density at radius 2 is 1.54 bits per heavy atom. The summed E-state index contributed by atoms with van der Waals surface area (Å²) < 4.78 is 34.9. The standard InChI is InChI=1S/C71H92ClN9O19/c1-41(2)62(77-56(82)21-15-18-45-25-29-49(30-26-45)81-58(84)31-32-59(81)85)65(88)76-50(19-16-34-73-67(90)91)64(87)75-48-27-23-46(24-28-48)40-97-68(92)74-33-13-11-12-22-57(83)79(7)44(5)66(89)99-55-38-60(86)80(8)51-36-47(37-52(95-9)61(51)72)35-42(3)17-14-20-54(96-10)71(94)39-53(98-69(93)78-71)43(4)63-70(55,6)100-63/h14,17,20,23-32,36-37,41,43-44,50,53-55,62-63,73,94H,11-13,15-16,18-19,21-22,33-35,38-40H2,1-10H3,(H,74,92)(H,75,87)(H,76,88)(H,77,82)(H,78,93)(H,90,91)/b20-14+,42-17+/t43-,44+,50+,53+,54-,55+,62+,63+,70+,71+/m1/s1. The highest BCUT2D eigenvalue weighted by Gasteiger charge is 2.64. The van der Waals surface area contributed by atoms with Gasteiger partial charge in [-0.1, -0.05) is 86.9 Å². The van der Waals surface area contributed by atoms with E-state index >= 15 is 0 Å². The molecule has 542 valence electrons. The van der Waals surface area contributed by atoms with Crippen LogP contribution in [0.15, 0.2) is 96.6 Å². The molecule has 0 radical (unpaired) electrons. The number of benzene rings is 3. The van der Waals surface area contributed by atoms with Crippen LogP contribution in [-0.4, -0.2) is 176 Å². The van der Waals surface area contributed by atoms with Gasteiger partial charge in [0.25, 0.3) is 11.8 Å². The zero-order valence-electron chi connectivity index (χ0n) is 58.0. The van der Waals surface area contributed by atoms with Crippen molar-refractivity contribution < 1.29 is 91.4 Å². The molecule has 100 heavy (non-hydrogen) atoms. The van der Waals surface area contributed by atoms with Gasteiger partial charge in [0.15, 0.2) is 5.72 Å². The molecule has 0 aromatic heterocycles. The number of methoxy groups -OCH3 is 2. The van der Waals surface area contributed by atoms with Gasteiger partial charge < -0.3 is 75.0 Å². The van der Waals surface area contributed by atoms with Gasteiger partial charge in [-0.2, -0.15) is 0 Å². The smallest absolute Gasteiger partial charge is 0.409 e. The van der Waals surface area contributed by atoms with Crippen LogP contribution >= 0.6 is 11.6 Å². The normalized spacial score (nSPS) is 23.1. The van der Waals surface area contributed by atoms with Crippen LogP contribution in [0.2, 0.25) is 5.02 Å². The second kappa shape index (κ2) is 35.6. The zero-order chi connectivity index (χ0) is 73.2. The maximum absolute atomic E-state index is 14.4. The Balaban J connectivity index is 0.860. The summed E-state index contributed by atoms with van der Waals surface area (Å²) in [4.78, 5) is 147. The third-order valence-electron chi connectivity index (χ3n) is 18.2. The number of carboxylic acid groups (broad SMARTS) is 1. The van der Waals surface area contributed by atoms with Crippen molar-refractivity contribution in [1.82, 2.24) is 31.5 Å². The van der Waals surface area contributed by atoms with E-state index in [-0.39, 0.29) is 68.6 Å². The van der Waals surface area contributed by atoms with Gasteiger partial charge in [-0.3, -0.25) is 38.9 Å². The fraction of sp³-hybridized carbons (Fsp3) is 0.507. The molecule has 10 amide bonds. The highest BCUT2D eigenvalue weighted by Crippen LogP contribution is 2.49. The minimum absolute atomic E-state index is 0.00150. The Hall–Kier alpha value is -9.38. The Bertz CT molecular complexity index is 3570. The number of epoxide rings is 1. The monoisotopic (exact) mass is 1410 g/mol. The topological polar surface area (TPSA) is 369 Å². The number of amides is 10. The minimum atomic E-state index is -1.90. The highest BCUT2D eigenvalue weighted by atomic mass is 35.5.